The molecule has 0 aliphatic rings. The monoisotopic (exact) mass is 287 g/mol. The van der Waals surface area contributed by atoms with Gasteiger partial charge in [0.2, 0.25) is 5.95 Å². The van der Waals surface area contributed by atoms with Crippen LogP contribution in [0.3, 0.4) is 0 Å². The summed E-state index contributed by atoms with van der Waals surface area (Å²) in [6.45, 7) is 2.03. The molecule has 0 unspecified atom stereocenters. The average Bonchev–Trinajstić information content (AvgIpc) is 2.80. The molecule has 0 aliphatic heterocycles. The van der Waals surface area contributed by atoms with Crippen LogP contribution in [0.1, 0.15) is 16.1 Å². The van der Waals surface area contributed by atoms with Gasteiger partial charge >= 0.3 is 0 Å². The van der Waals surface area contributed by atoms with Crippen molar-refractivity contribution >= 4 is 40.3 Å². The van der Waals surface area contributed by atoms with Crippen LogP contribution < -0.4 is 4.90 Å². The van der Waals surface area contributed by atoms with Gasteiger partial charge in [0.1, 0.15) is 5.69 Å². The maximum absolute atomic E-state index is 11.3. The number of benzene rings is 1. The number of nitrogens with zero attached hydrogens (tertiary/aromatic N) is 3. The van der Waals surface area contributed by atoms with E-state index in [9.17, 15) is 4.79 Å². The predicted molar refractivity (Wildman–Crippen MR) is 82.2 cm³/mol. The fourth-order valence-electron chi connectivity index (χ4n) is 2.44. The Morgan fingerprint density at radius 1 is 1.30 bits per heavy atom. The lowest BCUT2D eigenvalue weighted by Crippen LogP contribution is -2.12. The van der Waals surface area contributed by atoms with Gasteiger partial charge in [-0.3, -0.25) is 9.20 Å². The van der Waals surface area contributed by atoms with Crippen molar-refractivity contribution in [2.24, 2.45) is 0 Å². The van der Waals surface area contributed by atoms with Gasteiger partial charge in [0.15, 0.2) is 6.29 Å². The van der Waals surface area contributed by atoms with E-state index in [1.807, 2.05) is 48.5 Å². The molecule has 3 aromatic rings. The zero-order valence-electron chi connectivity index (χ0n) is 11.5. The number of hydrogen-bond donors (Lipinski definition) is 0. The number of carbonyl (C=O) groups excluding carboxylic acids is 1. The first-order valence-corrected chi connectivity index (χ1v) is 6.64. The van der Waals surface area contributed by atoms with Crippen molar-refractivity contribution < 1.29 is 4.79 Å². The maximum Gasteiger partial charge on any atom is 0.210 e. The SMILES string of the molecule is Cc1ccc2cc(Cl)c3c(C=O)nc(N(C)C)n3c2c1. The van der Waals surface area contributed by atoms with Crippen molar-refractivity contribution in [1.82, 2.24) is 9.38 Å². The molecule has 20 heavy (non-hydrogen) atoms. The van der Waals surface area contributed by atoms with Crippen LogP contribution in [0.5, 0.6) is 0 Å². The molecule has 2 heterocycles. The molecule has 3 rings (SSSR count). The van der Waals surface area contributed by atoms with Gasteiger partial charge in [-0.25, -0.2) is 4.98 Å². The summed E-state index contributed by atoms with van der Waals surface area (Å²) in [4.78, 5) is 17.5. The lowest BCUT2D eigenvalue weighted by Gasteiger charge is -2.13. The number of aromatic nitrogens is 2. The molecule has 0 bridgehead atoms. The molecular weight excluding hydrogens is 274 g/mol. The van der Waals surface area contributed by atoms with Crippen LogP contribution in [0.4, 0.5) is 5.95 Å². The Hall–Kier alpha value is -2.07. The summed E-state index contributed by atoms with van der Waals surface area (Å²) in [5.41, 5.74) is 3.16. The number of rotatable bonds is 2. The van der Waals surface area contributed by atoms with Gasteiger partial charge in [-0.1, -0.05) is 23.7 Å². The number of pyridine rings is 1. The van der Waals surface area contributed by atoms with Crippen molar-refractivity contribution in [2.75, 3.05) is 19.0 Å². The lowest BCUT2D eigenvalue weighted by molar-refractivity contribution is 0.112. The number of aryl methyl sites for hydroxylation is 1. The molecule has 2 aromatic heterocycles. The minimum atomic E-state index is 0.363. The van der Waals surface area contributed by atoms with Gasteiger partial charge in [-0.05, 0) is 24.6 Å². The van der Waals surface area contributed by atoms with E-state index >= 15 is 0 Å². The van der Waals surface area contributed by atoms with Crippen LogP contribution in [0, 0.1) is 6.92 Å². The summed E-state index contributed by atoms with van der Waals surface area (Å²) >= 11 is 6.34. The molecule has 5 heteroatoms. The standard InChI is InChI=1S/C15H14ClN3O/c1-9-4-5-10-7-11(16)14-12(8-20)17-15(18(2)3)19(14)13(10)6-9/h4-8H,1-3H3. The molecule has 0 atom stereocenters. The zero-order valence-corrected chi connectivity index (χ0v) is 12.3. The summed E-state index contributed by atoms with van der Waals surface area (Å²) in [5, 5.41) is 1.55. The number of carbonyl (C=O) groups is 1. The van der Waals surface area contributed by atoms with Gasteiger partial charge in [-0.2, -0.15) is 0 Å². The van der Waals surface area contributed by atoms with Crippen molar-refractivity contribution in [2.45, 2.75) is 6.92 Å². The van der Waals surface area contributed by atoms with Crippen LogP contribution >= 0.6 is 11.6 Å². The topological polar surface area (TPSA) is 37.6 Å². The number of halogens is 1. The van der Waals surface area contributed by atoms with Crippen molar-refractivity contribution in [3.63, 3.8) is 0 Å². The van der Waals surface area contributed by atoms with Gasteiger partial charge in [0.25, 0.3) is 0 Å². The Kier molecular flexibility index (Phi) is 2.91. The summed E-state index contributed by atoms with van der Waals surface area (Å²) in [5.74, 6) is 0.695. The van der Waals surface area contributed by atoms with E-state index in [1.165, 1.54) is 0 Å². The van der Waals surface area contributed by atoms with Gasteiger partial charge in [-0.15, -0.1) is 0 Å². The Balaban J connectivity index is 2.61. The van der Waals surface area contributed by atoms with Crippen LogP contribution in [-0.4, -0.2) is 29.8 Å². The van der Waals surface area contributed by atoms with Crippen LogP contribution in [0.2, 0.25) is 5.02 Å². The van der Waals surface area contributed by atoms with E-state index < -0.39 is 0 Å². The predicted octanol–water partition coefficient (Wildman–Crippen LogP) is 3.33. The minimum absolute atomic E-state index is 0.363. The second-order valence-corrected chi connectivity index (χ2v) is 5.46. The van der Waals surface area contributed by atoms with Crippen molar-refractivity contribution in [1.29, 1.82) is 0 Å². The number of aldehydes is 1. The highest BCUT2D eigenvalue weighted by molar-refractivity contribution is 6.35. The molecule has 0 saturated carbocycles. The van der Waals surface area contributed by atoms with Crippen LogP contribution in [-0.2, 0) is 0 Å². The molecule has 0 N–H and O–H groups in total. The summed E-state index contributed by atoms with van der Waals surface area (Å²) in [6, 6.07) is 8.01. The normalized spacial score (nSPS) is 11.2. The summed E-state index contributed by atoms with van der Waals surface area (Å²) < 4.78 is 1.94. The molecule has 4 nitrogen and oxygen atoms in total. The van der Waals surface area contributed by atoms with Crippen molar-refractivity contribution in [3.05, 3.63) is 40.5 Å². The minimum Gasteiger partial charge on any atom is -0.348 e. The first kappa shape index (κ1) is 12.9. The Labute approximate surface area is 121 Å². The molecule has 0 spiro atoms. The van der Waals surface area contributed by atoms with E-state index in [2.05, 4.69) is 11.1 Å². The highest BCUT2D eigenvalue weighted by atomic mass is 35.5. The molecule has 0 amide bonds. The number of imidazole rings is 1. The van der Waals surface area contributed by atoms with E-state index in [0.29, 0.717) is 22.2 Å². The highest BCUT2D eigenvalue weighted by Crippen LogP contribution is 2.31. The molecule has 0 fully saturated rings. The molecule has 0 saturated heterocycles. The third kappa shape index (κ3) is 1.76. The van der Waals surface area contributed by atoms with Crippen molar-refractivity contribution in [3.8, 4) is 0 Å². The van der Waals surface area contributed by atoms with Gasteiger partial charge in [0, 0.05) is 19.5 Å². The Morgan fingerprint density at radius 2 is 2.05 bits per heavy atom. The van der Waals surface area contributed by atoms with Gasteiger partial charge < -0.3 is 4.90 Å². The number of hydrogen-bond acceptors (Lipinski definition) is 3. The largest absolute Gasteiger partial charge is 0.348 e. The van der Waals surface area contributed by atoms with Gasteiger partial charge in [0.05, 0.1) is 16.1 Å². The quantitative estimate of drug-likeness (QED) is 0.679. The fourth-order valence-corrected chi connectivity index (χ4v) is 2.74. The Bertz CT molecular complexity index is 836. The lowest BCUT2D eigenvalue weighted by atomic mass is 10.1. The van der Waals surface area contributed by atoms with E-state index in [1.54, 1.807) is 0 Å². The van der Waals surface area contributed by atoms with E-state index in [0.717, 1.165) is 22.8 Å². The second kappa shape index (κ2) is 4.49. The highest BCUT2D eigenvalue weighted by Gasteiger charge is 2.17. The summed E-state index contributed by atoms with van der Waals surface area (Å²) in [7, 11) is 3.79. The second-order valence-electron chi connectivity index (χ2n) is 5.05. The first-order chi connectivity index (χ1) is 9.52. The molecule has 0 aliphatic carbocycles. The molecule has 0 radical (unpaired) electrons. The maximum atomic E-state index is 11.3. The third-order valence-electron chi connectivity index (χ3n) is 3.33. The molecule has 1 aromatic carbocycles. The zero-order chi connectivity index (χ0) is 14.4. The number of fused-ring (bicyclic) bond motifs is 3. The fraction of sp³-hybridized carbons (Fsp3) is 0.200. The van der Waals surface area contributed by atoms with Crippen LogP contribution in [0.15, 0.2) is 24.3 Å². The number of anilines is 1. The summed E-state index contributed by atoms with van der Waals surface area (Å²) in [6.07, 6.45) is 0.746. The third-order valence-corrected chi connectivity index (χ3v) is 3.62. The average molecular weight is 288 g/mol. The van der Waals surface area contributed by atoms with E-state index in [4.69, 9.17) is 11.6 Å². The first-order valence-electron chi connectivity index (χ1n) is 6.26. The Morgan fingerprint density at radius 3 is 2.70 bits per heavy atom. The smallest absolute Gasteiger partial charge is 0.210 e. The molecular formula is C15H14ClN3O. The van der Waals surface area contributed by atoms with Crippen LogP contribution in [0.25, 0.3) is 16.4 Å². The molecule has 102 valence electrons. The van der Waals surface area contributed by atoms with E-state index in [-0.39, 0.29) is 0 Å².